The molecule has 0 saturated carbocycles. The third-order valence-electron chi connectivity index (χ3n) is 5.48. The minimum atomic E-state index is 0.427. The number of nitrogens with one attached hydrogen (secondary N) is 1. The van der Waals surface area contributed by atoms with E-state index in [1.165, 1.54) is 10.5 Å². The van der Waals surface area contributed by atoms with Gasteiger partial charge in [0.05, 0.1) is 11.4 Å². The second-order valence-electron chi connectivity index (χ2n) is 7.54. The average Bonchev–Trinajstić information content (AvgIpc) is 2.84. The zero-order valence-electron chi connectivity index (χ0n) is 17.6. The molecule has 32 heavy (non-hydrogen) atoms. The molecule has 6 heteroatoms. The van der Waals surface area contributed by atoms with Gasteiger partial charge >= 0.3 is 0 Å². The highest BCUT2D eigenvalue weighted by molar-refractivity contribution is 7.98. The van der Waals surface area contributed by atoms with E-state index >= 15 is 0 Å². The third kappa shape index (κ3) is 4.31. The highest BCUT2D eigenvalue weighted by atomic mass is 35.5. The van der Waals surface area contributed by atoms with Gasteiger partial charge in [-0.2, -0.15) is 0 Å². The zero-order valence-corrected chi connectivity index (χ0v) is 19.2. The van der Waals surface area contributed by atoms with Gasteiger partial charge < -0.3 is 10.1 Å². The third-order valence-corrected chi connectivity index (χ3v) is 6.45. The Morgan fingerprint density at radius 1 is 0.969 bits per heavy atom. The molecule has 1 N–H and O–H groups in total. The van der Waals surface area contributed by atoms with Crippen LogP contribution in [0.15, 0.2) is 77.7 Å². The van der Waals surface area contributed by atoms with Crippen molar-refractivity contribution in [2.24, 2.45) is 0 Å². The number of nitrogens with zero attached hydrogens (tertiary/aromatic N) is 2. The van der Waals surface area contributed by atoms with Crippen LogP contribution in [0, 0.1) is 0 Å². The fourth-order valence-corrected chi connectivity index (χ4v) is 4.44. The van der Waals surface area contributed by atoms with Crippen LogP contribution < -0.4 is 10.1 Å². The van der Waals surface area contributed by atoms with Gasteiger partial charge in [0.1, 0.15) is 12.4 Å². The van der Waals surface area contributed by atoms with Gasteiger partial charge in [-0.25, -0.2) is 9.97 Å². The van der Waals surface area contributed by atoms with Gasteiger partial charge in [0.2, 0.25) is 5.95 Å². The number of anilines is 1. The van der Waals surface area contributed by atoms with Crippen LogP contribution in [0.1, 0.15) is 11.1 Å². The van der Waals surface area contributed by atoms with Crippen LogP contribution in [0.25, 0.3) is 22.5 Å². The summed E-state index contributed by atoms with van der Waals surface area (Å²) in [5.74, 6) is 1.45. The van der Waals surface area contributed by atoms with E-state index in [-0.39, 0.29) is 0 Å². The number of thioether (sulfide) groups is 1. The number of fused-ring (bicyclic) bond motifs is 3. The molecule has 1 aromatic heterocycles. The van der Waals surface area contributed by atoms with Crippen LogP contribution in [0.4, 0.5) is 5.95 Å². The molecule has 0 amide bonds. The Morgan fingerprint density at radius 3 is 2.59 bits per heavy atom. The summed E-state index contributed by atoms with van der Waals surface area (Å²) < 4.78 is 6.00. The highest BCUT2D eigenvalue weighted by Crippen LogP contribution is 2.40. The molecule has 1 aliphatic rings. The molecule has 1 aliphatic heterocycles. The summed E-state index contributed by atoms with van der Waals surface area (Å²) in [7, 11) is 0. The van der Waals surface area contributed by atoms with Gasteiger partial charge in [-0.1, -0.05) is 48.0 Å². The molecule has 4 aromatic rings. The van der Waals surface area contributed by atoms with Gasteiger partial charge in [0, 0.05) is 33.2 Å². The van der Waals surface area contributed by atoms with Crippen molar-refractivity contribution in [1.82, 2.24) is 9.97 Å². The summed E-state index contributed by atoms with van der Waals surface area (Å²) >= 11 is 8.03. The van der Waals surface area contributed by atoms with E-state index in [1.807, 2.05) is 48.5 Å². The van der Waals surface area contributed by atoms with Crippen LogP contribution in [-0.2, 0) is 13.0 Å². The second-order valence-corrected chi connectivity index (χ2v) is 8.86. The smallest absolute Gasteiger partial charge is 0.223 e. The van der Waals surface area contributed by atoms with Crippen molar-refractivity contribution in [3.05, 3.63) is 88.9 Å². The Kier molecular flexibility index (Phi) is 6.02. The lowest BCUT2D eigenvalue weighted by atomic mass is 9.98. The molecule has 0 aliphatic carbocycles. The molecule has 4 nitrogen and oxygen atoms in total. The Labute approximate surface area is 197 Å². The molecule has 0 saturated heterocycles. The number of hydrogen-bond donors (Lipinski definition) is 1. The number of benzene rings is 3. The first kappa shape index (κ1) is 20.9. The minimum absolute atomic E-state index is 0.427. The molecule has 5 rings (SSSR count). The number of halogens is 1. The highest BCUT2D eigenvalue weighted by Gasteiger charge is 2.24. The number of para-hydroxylation sites is 1. The van der Waals surface area contributed by atoms with Crippen molar-refractivity contribution >= 4 is 29.3 Å². The quantitative estimate of drug-likeness (QED) is 0.324. The second kappa shape index (κ2) is 9.23. The Morgan fingerprint density at radius 2 is 1.78 bits per heavy atom. The van der Waals surface area contributed by atoms with Crippen molar-refractivity contribution < 1.29 is 4.74 Å². The van der Waals surface area contributed by atoms with Gasteiger partial charge in [0.15, 0.2) is 0 Å². The maximum atomic E-state index is 6.28. The van der Waals surface area contributed by atoms with Gasteiger partial charge in [-0.3, -0.25) is 0 Å². The lowest BCUT2D eigenvalue weighted by Gasteiger charge is -2.23. The van der Waals surface area contributed by atoms with Crippen molar-refractivity contribution in [2.75, 3.05) is 18.1 Å². The van der Waals surface area contributed by atoms with Crippen molar-refractivity contribution in [3.8, 4) is 28.3 Å². The Hall–Kier alpha value is -3.02. The number of ether oxygens (including phenoxy) is 1. The lowest BCUT2D eigenvalue weighted by Crippen LogP contribution is -2.14. The van der Waals surface area contributed by atoms with E-state index in [0.717, 1.165) is 46.8 Å². The fourth-order valence-electron chi connectivity index (χ4n) is 3.85. The van der Waals surface area contributed by atoms with Crippen LogP contribution in [0.2, 0.25) is 5.02 Å². The standard InChI is InChI=1S/C26H22ClN3OS/c1-32-20-11-9-17(10-12-20)13-14-28-26-29-24(18-5-4-6-19(27)15-18)22-16-31-23-8-3-2-7-21(23)25(22)30-26/h2-12,15H,13-14,16H2,1H3,(H,28,29,30). The Bertz CT molecular complexity index is 1260. The molecule has 0 bridgehead atoms. The van der Waals surface area contributed by atoms with E-state index in [0.29, 0.717) is 17.6 Å². The van der Waals surface area contributed by atoms with Gasteiger partial charge in [0.25, 0.3) is 0 Å². The lowest BCUT2D eigenvalue weighted by molar-refractivity contribution is 0.301. The average molecular weight is 460 g/mol. The Balaban J connectivity index is 1.48. The molecule has 0 fully saturated rings. The molecule has 160 valence electrons. The van der Waals surface area contributed by atoms with Crippen molar-refractivity contribution in [2.45, 2.75) is 17.9 Å². The van der Waals surface area contributed by atoms with E-state index in [9.17, 15) is 0 Å². The zero-order chi connectivity index (χ0) is 21.9. The van der Waals surface area contributed by atoms with Crippen molar-refractivity contribution in [3.63, 3.8) is 0 Å². The molecule has 3 aromatic carbocycles. The molecule has 2 heterocycles. The summed E-state index contributed by atoms with van der Waals surface area (Å²) in [6.45, 7) is 1.17. The predicted octanol–water partition coefficient (Wildman–Crippen LogP) is 6.73. The molecule has 0 atom stereocenters. The summed E-state index contributed by atoms with van der Waals surface area (Å²) in [6.07, 6.45) is 2.98. The SMILES string of the molecule is CSc1ccc(CCNc2nc(-c3cccc(Cl)c3)c3c(n2)-c2ccccc2OC3)cc1. The van der Waals surface area contributed by atoms with E-state index < -0.39 is 0 Å². The largest absolute Gasteiger partial charge is 0.488 e. The normalized spacial score (nSPS) is 11.9. The monoisotopic (exact) mass is 459 g/mol. The minimum Gasteiger partial charge on any atom is -0.488 e. The summed E-state index contributed by atoms with van der Waals surface area (Å²) in [6, 6.07) is 24.4. The fraction of sp³-hybridized carbons (Fsp3) is 0.154. The van der Waals surface area contributed by atoms with E-state index in [2.05, 4.69) is 35.8 Å². The number of aromatic nitrogens is 2. The topological polar surface area (TPSA) is 47.0 Å². The van der Waals surface area contributed by atoms with Crippen LogP contribution in [0.3, 0.4) is 0 Å². The first-order chi connectivity index (χ1) is 15.7. The first-order valence-corrected chi connectivity index (χ1v) is 12.1. The van der Waals surface area contributed by atoms with Crippen LogP contribution in [-0.4, -0.2) is 22.8 Å². The summed E-state index contributed by atoms with van der Waals surface area (Å²) in [5.41, 5.74) is 5.94. The number of hydrogen-bond acceptors (Lipinski definition) is 5. The van der Waals surface area contributed by atoms with Gasteiger partial charge in [-0.05, 0) is 54.6 Å². The molecule has 0 radical (unpaired) electrons. The van der Waals surface area contributed by atoms with Crippen LogP contribution >= 0.6 is 23.4 Å². The van der Waals surface area contributed by atoms with Crippen molar-refractivity contribution in [1.29, 1.82) is 0 Å². The summed E-state index contributed by atoms with van der Waals surface area (Å²) in [5, 5.41) is 4.10. The van der Waals surface area contributed by atoms with Crippen LogP contribution in [0.5, 0.6) is 5.75 Å². The van der Waals surface area contributed by atoms with E-state index in [1.54, 1.807) is 11.8 Å². The van der Waals surface area contributed by atoms with Gasteiger partial charge in [-0.15, -0.1) is 11.8 Å². The predicted molar refractivity (Wildman–Crippen MR) is 133 cm³/mol. The summed E-state index contributed by atoms with van der Waals surface area (Å²) in [4.78, 5) is 11.0. The molecule has 0 spiro atoms. The molecular formula is C26H22ClN3OS. The maximum Gasteiger partial charge on any atom is 0.223 e. The molecular weight excluding hydrogens is 438 g/mol. The maximum absolute atomic E-state index is 6.28. The molecule has 0 unspecified atom stereocenters. The number of rotatable bonds is 6. The first-order valence-electron chi connectivity index (χ1n) is 10.5. The van der Waals surface area contributed by atoms with E-state index in [4.69, 9.17) is 26.3 Å².